The summed E-state index contributed by atoms with van der Waals surface area (Å²) in [6, 6.07) is 0. The van der Waals surface area contributed by atoms with Crippen LogP contribution in [0.5, 0.6) is 0 Å². The average Bonchev–Trinajstić information content (AvgIpc) is 1.88. The van der Waals surface area contributed by atoms with E-state index in [-0.39, 0.29) is 0 Å². The number of ether oxygens (including phenoxy) is 1. The molecular weight excluding hydrogens is 132 g/mol. The second-order valence-corrected chi connectivity index (χ2v) is 2.29. The van der Waals surface area contributed by atoms with E-state index in [1.165, 1.54) is 0 Å². The first kappa shape index (κ1) is 7.14. The summed E-state index contributed by atoms with van der Waals surface area (Å²) < 4.78 is 5.14. The molecule has 0 spiro atoms. The third-order valence-electron chi connectivity index (χ3n) is 1.37. The third-order valence-corrected chi connectivity index (χ3v) is 1.37. The highest BCUT2D eigenvalue weighted by molar-refractivity contribution is 5.79. The Morgan fingerprint density at radius 1 is 1.40 bits per heavy atom. The Labute approximate surface area is 60.0 Å². The van der Waals surface area contributed by atoms with Crippen LogP contribution in [-0.4, -0.2) is 43.3 Å². The van der Waals surface area contributed by atoms with Crippen LogP contribution in [0, 0.1) is 0 Å². The van der Waals surface area contributed by atoms with E-state index in [0.717, 1.165) is 5.96 Å². The fourth-order valence-corrected chi connectivity index (χ4v) is 0.919. The second-order valence-electron chi connectivity index (χ2n) is 2.29. The summed E-state index contributed by atoms with van der Waals surface area (Å²) in [5.41, 5.74) is 0. The van der Waals surface area contributed by atoms with Crippen molar-refractivity contribution in [1.29, 1.82) is 0 Å². The molecule has 0 aromatic rings. The highest BCUT2D eigenvalue weighted by Crippen LogP contribution is 2.00. The molecule has 1 aliphatic rings. The maximum atomic E-state index is 5.14. The number of rotatable bonds is 0. The van der Waals surface area contributed by atoms with E-state index in [1.54, 1.807) is 0 Å². The van der Waals surface area contributed by atoms with Crippen LogP contribution in [0.2, 0.25) is 0 Å². The first-order valence-electron chi connectivity index (χ1n) is 3.03. The summed E-state index contributed by atoms with van der Waals surface area (Å²) in [5, 5.41) is 3.60. The van der Waals surface area contributed by atoms with E-state index in [4.69, 9.17) is 10.6 Å². The molecule has 1 saturated heterocycles. The smallest absolute Gasteiger partial charge is 0.221 e. The van der Waals surface area contributed by atoms with Crippen LogP contribution in [0.1, 0.15) is 0 Å². The maximum absolute atomic E-state index is 5.14. The molecule has 0 aliphatic carbocycles. The topological polar surface area (TPSA) is 54.1 Å². The number of nitrogens with two attached hydrogens (primary N) is 1. The van der Waals surface area contributed by atoms with Crippen LogP contribution in [0.4, 0.5) is 0 Å². The highest BCUT2D eigenvalue weighted by Gasteiger charge is 2.16. The highest BCUT2D eigenvalue weighted by atomic mass is 16.5. The molecule has 5 nitrogen and oxygen atoms in total. The molecule has 1 aliphatic heterocycles. The lowest BCUT2D eigenvalue weighted by molar-refractivity contribution is -0.00914. The SMILES string of the molecule is CN1COCN(C)C1=NN. The first-order valence-corrected chi connectivity index (χ1v) is 3.03. The molecule has 2 N–H and O–H groups in total. The third kappa shape index (κ3) is 1.13. The molecule has 0 amide bonds. The number of nitrogens with zero attached hydrogens (tertiary/aromatic N) is 3. The summed E-state index contributed by atoms with van der Waals surface area (Å²) in [7, 11) is 3.75. The Kier molecular flexibility index (Phi) is 1.96. The van der Waals surface area contributed by atoms with Gasteiger partial charge in [-0.25, -0.2) is 0 Å². The van der Waals surface area contributed by atoms with E-state index in [0.29, 0.717) is 13.5 Å². The fraction of sp³-hybridized carbons (Fsp3) is 0.800. The van der Waals surface area contributed by atoms with E-state index in [2.05, 4.69) is 5.10 Å². The van der Waals surface area contributed by atoms with Gasteiger partial charge in [0.1, 0.15) is 13.5 Å². The Morgan fingerprint density at radius 3 is 2.20 bits per heavy atom. The lowest BCUT2D eigenvalue weighted by Crippen LogP contribution is -2.48. The van der Waals surface area contributed by atoms with Gasteiger partial charge in [-0.1, -0.05) is 0 Å². The molecule has 5 heteroatoms. The van der Waals surface area contributed by atoms with Crippen LogP contribution in [0.3, 0.4) is 0 Å². The van der Waals surface area contributed by atoms with Crippen LogP contribution < -0.4 is 5.84 Å². The zero-order chi connectivity index (χ0) is 7.56. The van der Waals surface area contributed by atoms with Crippen molar-refractivity contribution in [1.82, 2.24) is 9.80 Å². The van der Waals surface area contributed by atoms with Gasteiger partial charge in [-0.15, -0.1) is 5.10 Å². The fourth-order valence-electron chi connectivity index (χ4n) is 0.919. The van der Waals surface area contributed by atoms with Crippen LogP contribution in [-0.2, 0) is 4.74 Å². The summed E-state index contributed by atoms with van der Waals surface area (Å²) >= 11 is 0. The molecular formula is C5H12N4O. The summed E-state index contributed by atoms with van der Waals surface area (Å²) in [5.74, 6) is 5.89. The van der Waals surface area contributed by atoms with Gasteiger partial charge in [0.05, 0.1) is 0 Å². The van der Waals surface area contributed by atoms with Gasteiger partial charge in [-0.2, -0.15) is 0 Å². The minimum absolute atomic E-state index is 0.556. The van der Waals surface area contributed by atoms with Crippen molar-refractivity contribution >= 4 is 5.96 Å². The predicted octanol–water partition coefficient (Wildman–Crippen LogP) is -0.975. The van der Waals surface area contributed by atoms with E-state index < -0.39 is 0 Å². The Hall–Kier alpha value is -0.970. The molecule has 0 bridgehead atoms. The molecule has 10 heavy (non-hydrogen) atoms. The van der Waals surface area contributed by atoms with Gasteiger partial charge in [-0.05, 0) is 0 Å². The standard InChI is InChI=1S/C5H12N4O/c1-8-3-10-4-9(2)5(8)7-6/h3-4,6H2,1-2H3. The van der Waals surface area contributed by atoms with Crippen molar-refractivity contribution in [3.05, 3.63) is 0 Å². The van der Waals surface area contributed by atoms with Crippen molar-refractivity contribution in [2.24, 2.45) is 10.9 Å². The predicted molar refractivity (Wildman–Crippen MR) is 38.0 cm³/mol. The monoisotopic (exact) mass is 144 g/mol. The summed E-state index contributed by atoms with van der Waals surface area (Å²) in [6.45, 7) is 1.11. The largest absolute Gasteiger partial charge is 0.341 e. The second kappa shape index (κ2) is 2.74. The molecule has 0 radical (unpaired) electrons. The van der Waals surface area contributed by atoms with Gasteiger partial charge in [0.15, 0.2) is 0 Å². The molecule has 0 aromatic heterocycles. The van der Waals surface area contributed by atoms with Gasteiger partial charge >= 0.3 is 0 Å². The van der Waals surface area contributed by atoms with E-state index in [9.17, 15) is 0 Å². The number of hydrogen-bond donors (Lipinski definition) is 1. The molecule has 1 fully saturated rings. The van der Waals surface area contributed by atoms with Gasteiger partial charge in [0, 0.05) is 14.1 Å². The van der Waals surface area contributed by atoms with Crippen LogP contribution in [0.15, 0.2) is 5.10 Å². The number of hydrogen-bond acceptors (Lipinski definition) is 3. The number of hydrazone groups is 1. The van der Waals surface area contributed by atoms with Crippen molar-refractivity contribution in [2.45, 2.75) is 0 Å². The normalized spacial score (nSPS) is 19.6. The Morgan fingerprint density at radius 2 is 1.90 bits per heavy atom. The molecule has 0 atom stereocenters. The number of guanidine groups is 1. The van der Waals surface area contributed by atoms with E-state index in [1.807, 2.05) is 23.9 Å². The first-order chi connectivity index (χ1) is 4.75. The zero-order valence-corrected chi connectivity index (χ0v) is 6.24. The molecule has 58 valence electrons. The van der Waals surface area contributed by atoms with Crippen LogP contribution in [0.25, 0.3) is 0 Å². The minimum atomic E-state index is 0.556. The van der Waals surface area contributed by atoms with Crippen molar-refractivity contribution in [3.63, 3.8) is 0 Å². The van der Waals surface area contributed by atoms with Gasteiger partial charge < -0.3 is 20.4 Å². The van der Waals surface area contributed by atoms with Crippen LogP contribution >= 0.6 is 0 Å². The maximum Gasteiger partial charge on any atom is 0.221 e. The zero-order valence-electron chi connectivity index (χ0n) is 6.24. The molecule has 0 aromatic carbocycles. The molecule has 1 rings (SSSR count). The Balaban J connectivity index is 2.63. The molecule has 1 heterocycles. The molecule has 0 unspecified atom stereocenters. The van der Waals surface area contributed by atoms with Crippen molar-refractivity contribution < 1.29 is 4.74 Å². The van der Waals surface area contributed by atoms with Gasteiger partial charge in [0.2, 0.25) is 5.96 Å². The minimum Gasteiger partial charge on any atom is -0.341 e. The van der Waals surface area contributed by atoms with Crippen molar-refractivity contribution in [3.8, 4) is 0 Å². The lowest BCUT2D eigenvalue weighted by Gasteiger charge is -2.33. The van der Waals surface area contributed by atoms with Gasteiger partial charge in [0.25, 0.3) is 0 Å². The lowest BCUT2D eigenvalue weighted by atomic mass is 10.6. The summed E-state index contributed by atoms with van der Waals surface area (Å²) in [6.07, 6.45) is 0. The van der Waals surface area contributed by atoms with Crippen molar-refractivity contribution in [2.75, 3.05) is 27.6 Å². The quantitative estimate of drug-likeness (QED) is 0.351. The van der Waals surface area contributed by atoms with Gasteiger partial charge in [-0.3, -0.25) is 0 Å². The summed E-state index contributed by atoms with van der Waals surface area (Å²) in [4.78, 5) is 3.67. The Bertz CT molecular complexity index is 135. The molecule has 0 saturated carbocycles. The average molecular weight is 144 g/mol. The van der Waals surface area contributed by atoms with E-state index >= 15 is 0 Å².